The van der Waals surface area contributed by atoms with Crippen molar-refractivity contribution in [1.29, 1.82) is 0 Å². The molecule has 1 aromatic rings. The Bertz CT molecular complexity index is 580. The van der Waals surface area contributed by atoms with Gasteiger partial charge in [-0.1, -0.05) is 18.6 Å². The van der Waals surface area contributed by atoms with Gasteiger partial charge in [0, 0.05) is 0 Å². The highest BCUT2D eigenvalue weighted by atomic mass is 19.4. The normalized spacial score (nSPS) is 16.3. The molecule has 1 aliphatic carbocycles. The van der Waals surface area contributed by atoms with Crippen LogP contribution in [0, 0.1) is 5.82 Å². The molecule has 0 spiro atoms. The minimum Gasteiger partial charge on any atom is -0.346 e. The predicted octanol–water partition coefficient (Wildman–Crippen LogP) is 2.04. The molecule has 126 valence electrons. The van der Waals surface area contributed by atoms with Crippen LogP contribution in [0.25, 0.3) is 0 Å². The summed E-state index contributed by atoms with van der Waals surface area (Å²) < 4.78 is 49.0. The van der Waals surface area contributed by atoms with Crippen LogP contribution in [0.3, 0.4) is 0 Å². The van der Waals surface area contributed by atoms with E-state index < -0.39 is 42.3 Å². The number of benzene rings is 1. The predicted molar refractivity (Wildman–Crippen MR) is 74.0 cm³/mol. The third-order valence-corrected chi connectivity index (χ3v) is 3.93. The molecule has 0 unspecified atom stereocenters. The third-order valence-electron chi connectivity index (χ3n) is 3.93. The molecule has 0 atom stereocenters. The summed E-state index contributed by atoms with van der Waals surface area (Å²) in [5, 5.41) is 4.05. The van der Waals surface area contributed by atoms with Crippen molar-refractivity contribution < 1.29 is 27.2 Å². The Balaban J connectivity index is 1.93. The fourth-order valence-corrected chi connectivity index (χ4v) is 2.54. The third kappa shape index (κ3) is 4.20. The zero-order chi connectivity index (χ0) is 17.1. The molecule has 0 heterocycles. The molecule has 0 radical (unpaired) electrons. The molecule has 0 saturated heterocycles. The van der Waals surface area contributed by atoms with Gasteiger partial charge in [-0.15, -0.1) is 0 Å². The van der Waals surface area contributed by atoms with Crippen molar-refractivity contribution in [3.8, 4) is 0 Å². The zero-order valence-electron chi connectivity index (χ0n) is 12.2. The molecule has 0 aliphatic heterocycles. The van der Waals surface area contributed by atoms with Crippen molar-refractivity contribution in [3.63, 3.8) is 0 Å². The first-order valence-electron chi connectivity index (χ1n) is 7.11. The summed E-state index contributed by atoms with van der Waals surface area (Å²) in [6, 6.07) is 5.52. The Kier molecular flexibility index (Phi) is 4.91. The lowest BCUT2D eigenvalue weighted by Crippen LogP contribution is -2.51. The number of nitrogens with one attached hydrogen (secondary N) is 2. The van der Waals surface area contributed by atoms with Gasteiger partial charge in [0.05, 0.1) is 12.0 Å². The molecule has 1 aromatic carbocycles. The topological polar surface area (TPSA) is 58.2 Å². The monoisotopic (exact) mass is 332 g/mol. The molecule has 8 heteroatoms. The van der Waals surface area contributed by atoms with Crippen molar-refractivity contribution in [2.75, 3.05) is 13.1 Å². The summed E-state index contributed by atoms with van der Waals surface area (Å²) in [5.41, 5.74) is -0.198. The lowest BCUT2D eigenvalue weighted by atomic mass is 9.64. The quantitative estimate of drug-likeness (QED) is 0.811. The largest absolute Gasteiger partial charge is 0.405 e. The van der Waals surface area contributed by atoms with Gasteiger partial charge < -0.3 is 10.6 Å². The van der Waals surface area contributed by atoms with E-state index in [1.807, 2.05) is 0 Å². The molecule has 1 aliphatic rings. The molecule has 2 N–H and O–H groups in total. The average molecular weight is 332 g/mol. The lowest BCUT2D eigenvalue weighted by molar-refractivity contribution is -0.139. The number of hydrogen-bond donors (Lipinski definition) is 2. The number of carbonyl (C=O) groups excluding carboxylic acids is 2. The second-order valence-electron chi connectivity index (χ2n) is 5.52. The first kappa shape index (κ1) is 17.2. The molecular weight excluding hydrogens is 316 g/mol. The molecule has 23 heavy (non-hydrogen) atoms. The lowest BCUT2D eigenvalue weighted by Gasteiger charge is -2.40. The summed E-state index contributed by atoms with van der Waals surface area (Å²) >= 11 is 0. The smallest absolute Gasteiger partial charge is 0.346 e. The van der Waals surface area contributed by atoms with Crippen LogP contribution in [-0.2, 0) is 15.0 Å². The van der Waals surface area contributed by atoms with Crippen LogP contribution in [0.5, 0.6) is 0 Å². The summed E-state index contributed by atoms with van der Waals surface area (Å²) in [5.74, 6) is -1.77. The number of rotatable bonds is 5. The second-order valence-corrected chi connectivity index (χ2v) is 5.52. The van der Waals surface area contributed by atoms with E-state index in [0.717, 1.165) is 6.42 Å². The van der Waals surface area contributed by atoms with Crippen LogP contribution in [0.2, 0.25) is 0 Å². The average Bonchev–Trinajstić information content (AvgIpc) is 2.43. The zero-order valence-corrected chi connectivity index (χ0v) is 12.2. The Labute approximate surface area is 130 Å². The van der Waals surface area contributed by atoms with E-state index in [0.29, 0.717) is 18.4 Å². The van der Waals surface area contributed by atoms with Crippen molar-refractivity contribution in [2.45, 2.75) is 30.9 Å². The highest BCUT2D eigenvalue weighted by Crippen LogP contribution is 2.43. The van der Waals surface area contributed by atoms with Crippen LogP contribution in [-0.4, -0.2) is 31.1 Å². The van der Waals surface area contributed by atoms with Gasteiger partial charge in [-0.2, -0.15) is 13.2 Å². The number of alkyl halides is 3. The van der Waals surface area contributed by atoms with E-state index in [-0.39, 0.29) is 0 Å². The molecular formula is C15H16F4N2O2. The minimum atomic E-state index is -4.50. The summed E-state index contributed by atoms with van der Waals surface area (Å²) in [6.07, 6.45) is -2.59. The fourth-order valence-electron chi connectivity index (χ4n) is 2.54. The van der Waals surface area contributed by atoms with Crippen molar-refractivity contribution in [2.24, 2.45) is 0 Å². The van der Waals surface area contributed by atoms with E-state index >= 15 is 0 Å². The molecule has 1 fully saturated rings. The molecule has 0 bridgehead atoms. The summed E-state index contributed by atoms with van der Waals surface area (Å²) in [7, 11) is 0. The van der Waals surface area contributed by atoms with Crippen molar-refractivity contribution in [1.82, 2.24) is 10.6 Å². The van der Waals surface area contributed by atoms with Gasteiger partial charge in [-0.25, -0.2) is 4.39 Å². The van der Waals surface area contributed by atoms with Gasteiger partial charge in [-0.3, -0.25) is 9.59 Å². The highest BCUT2D eigenvalue weighted by Gasteiger charge is 2.45. The maximum absolute atomic E-state index is 13.0. The molecule has 2 rings (SSSR count). The van der Waals surface area contributed by atoms with Gasteiger partial charge in [0.15, 0.2) is 0 Å². The number of carbonyl (C=O) groups is 2. The van der Waals surface area contributed by atoms with Gasteiger partial charge in [0.1, 0.15) is 12.4 Å². The SMILES string of the molecule is O=C(CNC(=O)C1(c2ccc(F)cc2)CCC1)NCC(F)(F)F. The standard InChI is InChI=1S/C15H16F4N2O2/c16-11-4-2-10(3-5-11)14(6-1-7-14)13(23)20-8-12(22)21-9-15(17,18)19/h2-5H,1,6-9H2,(H,20,23)(H,21,22). The van der Waals surface area contributed by atoms with Crippen LogP contribution >= 0.6 is 0 Å². The van der Waals surface area contributed by atoms with Crippen LogP contribution in [0.15, 0.2) is 24.3 Å². The maximum atomic E-state index is 13.0. The molecule has 4 nitrogen and oxygen atoms in total. The highest BCUT2D eigenvalue weighted by molar-refractivity contribution is 5.92. The van der Waals surface area contributed by atoms with Crippen LogP contribution < -0.4 is 10.6 Å². The van der Waals surface area contributed by atoms with Gasteiger partial charge in [0.25, 0.3) is 0 Å². The Morgan fingerprint density at radius 2 is 1.70 bits per heavy atom. The Morgan fingerprint density at radius 3 is 2.17 bits per heavy atom. The first-order chi connectivity index (χ1) is 10.7. The van der Waals surface area contributed by atoms with Gasteiger partial charge >= 0.3 is 6.18 Å². The van der Waals surface area contributed by atoms with Gasteiger partial charge in [0.2, 0.25) is 11.8 Å². The van der Waals surface area contributed by atoms with Crippen molar-refractivity contribution >= 4 is 11.8 Å². The maximum Gasteiger partial charge on any atom is 0.405 e. The van der Waals surface area contributed by atoms with E-state index in [1.54, 1.807) is 5.32 Å². The molecule has 2 amide bonds. The first-order valence-corrected chi connectivity index (χ1v) is 7.11. The Hall–Kier alpha value is -2.12. The fraction of sp³-hybridized carbons (Fsp3) is 0.467. The number of hydrogen-bond acceptors (Lipinski definition) is 2. The van der Waals surface area contributed by atoms with Crippen molar-refractivity contribution in [3.05, 3.63) is 35.6 Å². The Morgan fingerprint density at radius 1 is 1.09 bits per heavy atom. The molecule has 0 aromatic heterocycles. The second kappa shape index (κ2) is 6.55. The summed E-state index contributed by atoms with van der Waals surface area (Å²) in [4.78, 5) is 23.7. The van der Waals surface area contributed by atoms with E-state index in [9.17, 15) is 27.2 Å². The molecule has 1 saturated carbocycles. The van der Waals surface area contributed by atoms with E-state index in [4.69, 9.17) is 0 Å². The van der Waals surface area contributed by atoms with E-state index in [1.165, 1.54) is 24.3 Å². The van der Waals surface area contributed by atoms with E-state index in [2.05, 4.69) is 5.32 Å². The van der Waals surface area contributed by atoms with Crippen LogP contribution in [0.4, 0.5) is 17.6 Å². The van der Waals surface area contributed by atoms with Crippen LogP contribution in [0.1, 0.15) is 24.8 Å². The summed E-state index contributed by atoms with van der Waals surface area (Å²) in [6.45, 7) is -1.97. The minimum absolute atomic E-state index is 0.421. The van der Waals surface area contributed by atoms with Gasteiger partial charge in [-0.05, 0) is 30.5 Å². The number of amides is 2. The number of halogens is 4.